The molecule has 0 radical (unpaired) electrons. The Hall–Kier alpha value is -3.31. The van der Waals surface area contributed by atoms with E-state index in [0.717, 1.165) is 60.5 Å². The smallest absolute Gasteiger partial charge is 0.259 e. The lowest BCUT2D eigenvalue weighted by Gasteiger charge is -2.38. The zero-order chi connectivity index (χ0) is 23.5. The van der Waals surface area contributed by atoms with Gasteiger partial charge < -0.3 is 9.80 Å². The van der Waals surface area contributed by atoms with Crippen LogP contribution in [0.1, 0.15) is 18.1 Å². The van der Waals surface area contributed by atoms with Crippen LogP contribution in [0, 0.1) is 0 Å². The van der Waals surface area contributed by atoms with Crippen LogP contribution in [0.2, 0.25) is 5.02 Å². The molecule has 1 amide bonds. The Morgan fingerprint density at radius 1 is 0.824 bits per heavy atom. The molecule has 1 unspecified atom stereocenters. The van der Waals surface area contributed by atoms with E-state index in [1.807, 2.05) is 53.4 Å². The van der Waals surface area contributed by atoms with Gasteiger partial charge in [-0.1, -0.05) is 67.1 Å². The monoisotopic (exact) mass is 472 g/mol. The molecule has 5 rings (SSSR count). The van der Waals surface area contributed by atoms with Gasteiger partial charge in [-0.05, 0) is 47.9 Å². The Morgan fingerprint density at radius 2 is 1.50 bits per heavy atom. The number of amides is 1. The second kappa shape index (κ2) is 9.90. The zero-order valence-corrected chi connectivity index (χ0v) is 20.2. The molecule has 0 aliphatic carbocycles. The molecule has 0 spiro atoms. The number of hydrogen-bond acceptors (Lipinski definition) is 4. The summed E-state index contributed by atoms with van der Waals surface area (Å²) in [6, 6.07) is 26.0. The van der Waals surface area contributed by atoms with Crippen LogP contribution in [-0.4, -0.2) is 49.0 Å². The van der Waals surface area contributed by atoms with Crippen molar-refractivity contribution >= 4 is 34.8 Å². The summed E-state index contributed by atoms with van der Waals surface area (Å²) in [5.74, 6) is 0.814. The number of hydrogen-bond donors (Lipinski definition) is 0. The fourth-order valence-electron chi connectivity index (χ4n) is 4.69. The lowest BCUT2D eigenvalue weighted by molar-refractivity contribution is -0.118. The molecule has 2 aliphatic heterocycles. The van der Waals surface area contributed by atoms with Crippen LogP contribution in [0.3, 0.4) is 0 Å². The van der Waals surface area contributed by atoms with Crippen molar-refractivity contribution in [2.75, 3.05) is 36.0 Å². The molecule has 2 aliphatic rings. The number of nitrogens with zero attached hydrogens (tertiary/aromatic N) is 4. The highest BCUT2D eigenvalue weighted by molar-refractivity contribution is 6.30. The highest BCUT2D eigenvalue weighted by Gasteiger charge is 2.39. The summed E-state index contributed by atoms with van der Waals surface area (Å²) >= 11 is 6.21. The van der Waals surface area contributed by atoms with Gasteiger partial charge in [0, 0.05) is 43.3 Å². The molecule has 34 heavy (non-hydrogen) atoms. The highest BCUT2D eigenvalue weighted by Crippen LogP contribution is 2.28. The van der Waals surface area contributed by atoms with Gasteiger partial charge >= 0.3 is 0 Å². The van der Waals surface area contributed by atoms with Crippen molar-refractivity contribution in [3.8, 4) is 0 Å². The lowest BCUT2D eigenvalue weighted by Crippen LogP contribution is -2.53. The summed E-state index contributed by atoms with van der Waals surface area (Å²) in [7, 11) is 0. The molecule has 1 fully saturated rings. The molecule has 5 nitrogen and oxygen atoms in total. The average molecular weight is 473 g/mol. The van der Waals surface area contributed by atoms with Gasteiger partial charge in [-0.15, -0.1) is 0 Å². The molecule has 0 aromatic heterocycles. The van der Waals surface area contributed by atoms with Crippen LogP contribution < -0.4 is 9.80 Å². The third-order valence-electron chi connectivity index (χ3n) is 6.56. The topological polar surface area (TPSA) is 39.2 Å². The van der Waals surface area contributed by atoms with Crippen molar-refractivity contribution in [2.24, 2.45) is 4.99 Å². The standard InChI is InChI=1S/C28H29ClN4O/c1-2-21-10-6-13-25(18-21)33-27(34)26(19-22-8-4-3-5-9-22)30-28(33)32-16-14-31(15-17-32)24-12-7-11-23(29)20-24/h3-13,18,20,26H,2,14-17,19H2,1H3. The van der Waals surface area contributed by atoms with E-state index in [2.05, 4.69) is 47.1 Å². The van der Waals surface area contributed by atoms with Crippen molar-refractivity contribution in [3.63, 3.8) is 0 Å². The van der Waals surface area contributed by atoms with Crippen LogP contribution in [0.15, 0.2) is 83.9 Å². The van der Waals surface area contributed by atoms with Crippen LogP contribution >= 0.6 is 11.6 Å². The molecule has 2 heterocycles. The Kier molecular flexibility index (Phi) is 6.54. The first-order valence-corrected chi connectivity index (χ1v) is 12.3. The summed E-state index contributed by atoms with van der Waals surface area (Å²) in [5, 5.41) is 0.747. The molecular formula is C28H29ClN4O. The minimum atomic E-state index is -0.409. The molecule has 0 bridgehead atoms. The lowest BCUT2D eigenvalue weighted by atomic mass is 10.1. The second-order valence-corrected chi connectivity index (χ2v) is 9.22. The van der Waals surface area contributed by atoms with Crippen molar-refractivity contribution in [1.82, 2.24) is 4.90 Å². The van der Waals surface area contributed by atoms with E-state index in [1.165, 1.54) is 5.56 Å². The first-order chi connectivity index (χ1) is 16.6. The third kappa shape index (κ3) is 4.66. The van der Waals surface area contributed by atoms with E-state index in [4.69, 9.17) is 16.6 Å². The zero-order valence-electron chi connectivity index (χ0n) is 19.4. The van der Waals surface area contributed by atoms with Gasteiger partial charge in [-0.3, -0.25) is 4.79 Å². The summed E-state index contributed by atoms with van der Waals surface area (Å²) in [6.45, 7) is 5.41. The molecule has 6 heteroatoms. The molecule has 3 aromatic carbocycles. The number of guanidine groups is 1. The Bertz CT molecular complexity index is 1190. The molecular weight excluding hydrogens is 444 g/mol. The summed E-state index contributed by atoms with van der Waals surface area (Å²) in [6.07, 6.45) is 1.53. The maximum Gasteiger partial charge on any atom is 0.259 e. The van der Waals surface area contributed by atoms with Gasteiger partial charge in [0.1, 0.15) is 6.04 Å². The quantitative estimate of drug-likeness (QED) is 0.522. The first kappa shape index (κ1) is 22.5. The number of benzene rings is 3. The van der Waals surface area contributed by atoms with Gasteiger partial charge in [-0.2, -0.15) is 0 Å². The average Bonchev–Trinajstić information content (AvgIpc) is 3.20. The number of halogens is 1. The van der Waals surface area contributed by atoms with Gasteiger partial charge in [0.15, 0.2) is 0 Å². The number of piperazine rings is 1. The predicted molar refractivity (Wildman–Crippen MR) is 140 cm³/mol. The van der Waals surface area contributed by atoms with Gasteiger partial charge in [0.05, 0.1) is 5.69 Å². The van der Waals surface area contributed by atoms with Crippen molar-refractivity contribution in [2.45, 2.75) is 25.8 Å². The van der Waals surface area contributed by atoms with Crippen LogP contribution in [0.4, 0.5) is 11.4 Å². The van der Waals surface area contributed by atoms with E-state index in [0.29, 0.717) is 6.42 Å². The Labute approximate surface area is 206 Å². The van der Waals surface area contributed by atoms with Crippen LogP contribution in [-0.2, 0) is 17.6 Å². The maximum atomic E-state index is 13.6. The minimum absolute atomic E-state index is 0.0457. The summed E-state index contributed by atoms with van der Waals surface area (Å²) in [4.78, 5) is 25.1. The largest absolute Gasteiger partial charge is 0.368 e. The maximum absolute atomic E-state index is 13.6. The summed E-state index contributed by atoms with van der Waals surface area (Å²) < 4.78 is 0. The van der Waals surface area contributed by atoms with Crippen molar-refractivity contribution < 1.29 is 4.79 Å². The SMILES string of the molecule is CCc1cccc(N2C(=O)C(Cc3ccccc3)N=C2N2CCN(c3cccc(Cl)c3)CC2)c1. The fourth-order valence-corrected chi connectivity index (χ4v) is 4.87. The van der Waals surface area contributed by atoms with Crippen molar-refractivity contribution in [1.29, 1.82) is 0 Å². The van der Waals surface area contributed by atoms with Crippen LogP contribution in [0.25, 0.3) is 0 Å². The number of rotatable bonds is 5. The van der Waals surface area contributed by atoms with E-state index >= 15 is 0 Å². The van der Waals surface area contributed by atoms with Gasteiger partial charge in [0.25, 0.3) is 5.91 Å². The Morgan fingerprint density at radius 3 is 2.24 bits per heavy atom. The van der Waals surface area contributed by atoms with Gasteiger partial charge in [-0.25, -0.2) is 9.89 Å². The molecule has 0 saturated carbocycles. The number of aliphatic imine (C=N–C) groups is 1. The highest BCUT2D eigenvalue weighted by atomic mass is 35.5. The van der Waals surface area contributed by atoms with E-state index in [1.54, 1.807) is 0 Å². The van der Waals surface area contributed by atoms with E-state index in [9.17, 15) is 4.79 Å². The molecule has 1 atom stereocenters. The number of anilines is 2. The minimum Gasteiger partial charge on any atom is -0.368 e. The second-order valence-electron chi connectivity index (χ2n) is 8.79. The van der Waals surface area contributed by atoms with Crippen molar-refractivity contribution in [3.05, 3.63) is 95.0 Å². The van der Waals surface area contributed by atoms with Crippen LogP contribution in [0.5, 0.6) is 0 Å². The third-order valence-corrected chi connectivity index (χ3v) is 6.80. The number of carbonyl (C=O) groups is 1. The van der Waals surface area contributed by atoms with E-state index < -0.39 is 6.04 Å². The predicted octanol–water partition coefficient (Wildman–Crippen LogP) is 5.04. The summed E-state index contributed by atoms with van der Waals surface area (Å²) in [5.41, 5.74) is 4.36. The number of carbonyl (C=O) groups excluding carboxylic acids is 1. The Balaban J connectivity index is 1.40. The van der Waals surface area contributed by atoms with Gasteiger partial charge in [0.2, 0.25) is 5.96 Å². The normalized spacial score (nSPS) is 18.4. The van der Waals surface area contributed by atoms with E-state index in [-0.39, 0.29) is 5.91 Å². The molecule has 1 saturated heterocycles. The molecule has 3 aromatic rings. The fraction of sp³-hybridized carbons (Fsp3) is 0.286. The molecule has 0 N–H and O–H groups in total. The number of aryl methyl sites for hydroxylation is 1. The molecule has 174 valence electrons. The first-order valence-electron chi connectivity index (χ1n) is 11.9.